The fourth-order valence-electron chi connectivity index (χ4n) is 3.67. The zero-order chi connectivity index (χ0) is 24.5. The van der Waals surface area contributed by atoms with Gasteiger partial charge in [0.15, 0.2) is 10.5 Å². The van der Waals surface area contributed by atoms with Crippen LogP contribution in [0.2, 0.25) is 5.02 Å². The van der Waals surface area contributed by atoms with Crippen LogP contribution in [0.3, 0.4) is 0 Å². The Hall–Kier alpha value is -3.05. The lowest BCUT2D eigenvalue weighted by Gasteiger charge is -2.36. The third-order valence-electron chi connectivity index (χ3n) is 5.21. The molecule has 3 aromatic carbocycles. The van der Waals surface area contributed by atoms with E-state index in [2.05, 4.69) is 16.1 Å². The number of benzene rings is 3. The van der Waals surface area contributed by atoms with Crippen LogP contribution in [0.5, 0.6) is 0 Å². The van der Waals surface area contributed by atoms with Gasteiger partial charge in [-0.05, 0) is 49.6 Å². The molecule has 1 heterocycles. The molecule has 0 bridgehead atoms. The van der Waals surface area contributed by atoms with Crippen LogP contribution in [-0.2, 0) is 0 Å². The van der Waals surface area contributed by atoms with Gasteiger partial charge in [-0.1, -0.05) is 72.0 Å². The van der Waals surface area contributed by atoms with Gasteiger partial charge in [-0.2, -0.15) is 5.06 Å². The minimum atomic E-state index is -0.976. The third-order valence-corrected chi connectivity index (χ3v) is 7.02. The molecular weight excluding hydrogens is 494 g/mol. The Morgan fingerprint density at radius 3 is 2.47 bits per heavy atom. The van der Waals surface area contributed by atoms with Crippen molar-refractivity contribution in [3.05, 3.63) is 71.8 Å². The van der Waals surface area contributed by atoms with Gasteiger partial charge in [0.05, 0.1) is 10.4 Å². The Bertz CT molecular complexity index is 1250. The monoisotopic (exact) mass is 515 g/mol. The van der Waals surface area contributed by atoms with E-state index in [9.17, 15) is 14.8 Å². The molecule has 4 rings (SSSR count). The summed E-state index contributed by atoms with van der Waals surface area (Å²) in [6.45, 7) is 3.64. The number of hydrazine groups is 1. The molecule has 176 valence electrons. The van der Waals surface area contributed by atoms with Crippen LogP contribution < -0.4 is 16.1 Å². The minimum absolute atomic E-state index is 0.304. The first-order valence-electron chi connectivity index (χ1n) is 10.3. The molecule has 8 nitrogen and oxygen atoms in total. The number of nitrogens with one attached hydrogen (secondary N) is 3. The molecule has 3 aromatic rings. The van der Waals surface area contributed by atoms with Gasteiger partial charge in [0.25, 0.3) is 0 Å². The molecule has 1 saturated heterocycles. The van der Waals surface area contributed by atoms with E-state index in [1.165, 1.54) is 16.8 Å². The maximum Gasteiger partial charge on any atom is 0.347 e. The molecular formula is C23H22ClN5O3S2. The lowest BCUT2D eigenvalue weighted by atomic mass is 10.1. The lowest BCUT2D eigenvalue weighted by molar-refractivity contribution is -0.120. The number of hydrogen-bond donors (Lipinski definition) is 4. The van der Waals surface area contributed by atoms with Gasteiger partial charge < -0.3 is 10.6 Å². The number of nitrogens with zero attached hydrogens (tertiary/aromatic N) is 2. The van der Waals surface area contributed by atoms with E-state index in [1.54, 1.807) is 30.3 Å². The van der Waals surface area contributed by atoms with E-state index in [1.807, 2.05) is 50.2 Å². The van der Waals surface area contributed by atoms with Crippen molar-refractivity contribution in [1.82, 2.24) is 15.5 Å². The molecule has 0 radical (unpaired) electrons. The molecule has 0 saturated carbocycles. The predicted molar refractivity (Wildman–Crippen MR) is 140 cm³/mol. The molecule has 0 aromatic heterocycles. The van der Waals surface area contributed by atoms with Crippen LogP contribution in [0, 0.1) is 0 Å². The van der Waals surface area contributed by atoms with Gasteiger partial charge in [0.2, 0.25) is 0 Å². The number of fused-ring (bicyclic) bond motifs is 1. The minimum Gasteiger partial charge on any atom is -0.307 e. The van der Waals surface area contributed by atoms with E-state index < -0.39 is 23.0 Å². The van der Waals surface area contributed by atoms with Crippen LogP contribution in [0.1, 0.15) is 13.8 Å². The molecule has 4 amide bonds. The second-order valence-electron chi connectivity index (χ2n) is 8.09. The lowest BCUT2D eigenvalue weighted by Crippen LogP contribution is -2.60. The number of amides is 4. The zero-order valence-electron chi connectivity index (χ0n) is 18.3. The summed E-state index contributed by atoms with van der Waals surface area (Å²) < 4.78 is -0.423. The van der Waals surface area contributed by atoms with Gasteiger partial charge in [-0.15, -0.1) is 0 Å². The third kappa shape index (κ3) is 5.05. The fraction of sp³-hybridized carbons (Fsp3) is 0.174. The first kappa shape index (κ1) is 24.1. The summed E-state index contributed by atoms with van der Waals surface area (Å²) in [5.74, 6) is 0. The van der Waals surface area contributed by atoms with E-state index in [-0.39, 0.29) is 0 Å². The van der Waals surface area contributed by atoms with E-state index in [4.69, 9.17) is 23.8 Å². The van der Waals surface area contributed by atoms with Crippen LogP contribution in [-0.4, -0.2) is 42.6 Å². The van der Waals surface area contributed by atoms with Crippen LogP contribution >= 0.6 is 35.6 Å². The van der Waals surface area contributed by atoms with Crippen LogP contribution in [0.4, 0.5) is 21.0 Å². The van der Waals surface area contributed by atoms with Crippen molar-refractivity contribution in [3.63, 3.8) is 0 Å². The number of halogens is 1. The first-order chi connectivity index (χ1) is 16.2. The van der Waals surface area contributed by atoms with Crippen molar-refractivity contribution in [2.24, 2.45) is 0 Å². The van der Waals surface area contributed by atoms with Gasteiger partial charge >= 0.3 is 12.1 Å². The number of anilines is 2. The molecule has 11 heteroatoms. The van der Waals surface area contributed by atoms with Crippen molar-refractivity contribution in [1.29, 1.82) is 0 Å². The SMILES string of the molecule is CC1(C)SC(=S)N(NC(=O)Nc2ccc(Cl)cc2)[C@H]1N(O)C(=O)Nc1cccc2ccccc12. The topological polar surface area (TPSA) is 96.9 Å². The Labute approximate surface area is 211 Å². The smallest absolute Gasteiger partial charge is 0.307 e. The van der Waals surface area contributed by atoms with Crippen molar-refractivity contribution in [2.75, 3.05) is 10.6 Å². The number of urea groups is 2. The second kappa shape index (κ2) is 9.67. The summed E-state index contributed by atoms with van der Waals surface area (Å²) in [6.07, 6.45) is -0.976. The number of hydroxylamine groups is 2. The largest absolute Gasteiger partial charge is 0.347 e. The number of carbonyl (C=O) groups is 2. The standard InChI is InChI=1S/C23H22ClN5O3S2/c1-23(2)19(28(22(33)34-23)27-20(30)25-16-12-10-15(24)11-13-16)29(32)21(31)26-18-9-5-7-14-6-3-4-8-17(14)18/h3-13,19,32H,1-2H3,(H,26,31)(H2,25,27,30)/t19-/m0/s1. The molecule has 0 spiro atoms. The first-order valence-corrected chi connectivity index (χ1v) is 11.9. The highest BCUT2D eigenvalue weighted by Crippen LogP contribution is 2.41. The summed E-state index contributed by atoms with van der Waals surface area (Å²) in [6, 6.07) is 18.3. The summed E-state index contributed by atoms with van der Waals surface area (Å²) in [5.41, 5.74) is 3.70. The van der Waals surface area contributed by atoms with Gasteiger partial charge in [0, 0.05) is 16.1 Å². The number of thioether (sulfide) groups is 1. The maximum absolute atomic E-state index is 13.0. The fourth-order valence-corrected chi connectivity index (χ4v) is 5.59. The number of carbonyl (C=O) groups excluding carboxylic acids is 2. The number of hydrogen-bond acceptors (Lipinski definition) is 5. The highest BCUT2D eigenvalue weighted by atomic mass is 35.5. The van der Waals surface area contributed by atoms with Gasteiger partial charge in [0.1, 0.15) is 0 Å². The van der Waals surface area contributed by atoms with Crippen molar-refractivity contribution in [3.8, 4) is 0 Å². The number of thiocarbonyl (C=S) groups is 1. The molecule has 4 N–H and O–H groups in total. The van der Waals surface area contributed by atoms with E-state index >= 15 is 0 Å². The zero-order valence-corrected chi connectivity index (χ0v) is 20.7. The Balaban J connectivity index is 1.52. The normalized spacial score (nSPS) is 16.9. The van der Waals surface area contributed by atoms with Gasteiger partial charge in [-0.25, -0.2) is 20.0 Å². The van der Waals surface area contributed by atoms with Gasteiger partial charge in [-0.3, -0.25) is 5.21 Å². The maximum atomic E-state index is 13.0. The molecule has 0 aliphatic carbocycles. The molecule has 1 aliphatic heterocycles. The predicted octanol–water partition coefficient (Wildman–Crippen LogP) is 5.89. The molecule has 34 heavy (non-hydrogen) atoms. The highest BCUT2D eigenvalue weighted by molar-refractivity contribution is 8.24. The van der Waals surface area contributed by atoms with E-state index in [0.29, 0.717) is 25.8 Å². The Morgan fingerprint density at radius 2 is 1.74 bits per heavy atom. The van der Waals surface area contributed by atoms with Crippen molar-refractivity contribution in [2.45, 2.75) is 24.8 Å². The highest BCUT2D eigenvalue weighted by Gasteiger charge is 2.50. The summed E-state index contributed by atoms with van der Waals surface area (Å²) in [5, 5.41) is 20.5. The van der Waals surface area contributed by atoms with Crippen LogP contribution in [0.15, 0.2) is 66.7 Å². The average molecular weight is 516 g/mol. The van der Waals surface area contributed by atoms with Crippen molar-refractivity contribution < 1.29 is 14.8 Å². The number of rotatable bonds is 4. The average Bonchev–Trinajstić information content (AvgIpc) is 3.02. The summed E-state index contributed by atoms with van der Waals surface area (Å²) >= 11 is 12.6. The molecule has 1 fully saturated rings. The Morgan fingerprint density at radius 1 is 1.06 bits per heavy atom. The summed E-state index contributed by atoms with van der Waals surface area (Å²) in [7, 11) is 0. The summed E-state index contributed by atoms with van der Waals surface area (Å²) in [4.78, 5) is 25.7. The second-order valence-corrected chi connectivity index (χ2v) is 10.8. The van der Waals surface area contributed by atoms with Crippen molar-refractivity contribution >= 4 is 74.1 Å². The molecule has 1 aliphatic rings. The molecule has 0 unspecified atom stereocenters. The quantitative estimate of drug-likeness (QED) is 0.196. The Kier molecular flexibility index (Phi) is 6.85. The van der Waals surface area contributed by atoms with E-state index in [0.717, 1.165) is 10.8 Å². The van der Waals surface area contributed by atoms with Crippen LogP contribution in [0.25, 0.3) is 10.8 Å². The molecule has 1 atom stereocenters.